The maximum absolute atomic E-state index is 14.6. The third kappa shape index (κ3) is 7.41. The number of carbonyl (C=O) groups is 3. The summed E-state index contributed by atoms with van der Waals surface area (Å²) in [6.45, 7) is 3.81. The van der Waals surface area contributed by atoms with Crippen LogP contribution in [0.15, 0.2) is 42.5 Å². The Morgan fingerprint density at radius 3 is 2.53 bits per heavy atom. The van der Waals surface area contributed by atoms with E-state index in [1.807, 2.05) is 24.3 Å². The molecule has 1 unspecified atom stereocenters. The van der Waals surface area contributed by atoms with Crippen LogP contribution in [-0.4, -0.2) is 71.0 Å². The summed E-state index contributed by atoms with van der Waals surface area (Å²) in [7, 11) is -3.94. The molecular formula is C36H43Cl2N5O6S2. The van der Waals surface area contributed by atoms with Crippen LogP contribution >= 0.6 is 34.5 Å². The molecule has 51 heavy (non-hydrogen) atoms. The molecule has 0 radical (unpaired) electrons. The van der Waals surface area contributed by atoms with Gasteiger partial charge in [0.2, 0.25) is 21.8 Å². The summed E-state index contributed by atoms with van der Waals surface area (Å²) in [6.07, 6.45) is 5.77. The first-order valence-corrected chi connectivity index (χ1v) is 20.8. The quantitative estimate of drug-likeness (QED) is 0.254. The summed E-state index contributed by atoms with van der Waals surface area (Å²) in [5, 5.41) is 7.54. The number of aromatic nitrogens is 1. The van der Waals surface area contributed by atoms with E-state index in [1.165, 1.54) is 16.2 Å². The van der Waals surface area contributed by atoms with Gasteiger partial charge in [-0.3, -0.25) is 19.1 Å². The number of amides is 3. The number of anilines is 1. The largest absolute Gasteiger partial charge is 0.465 e. The first-order chi connectivity index (χ1) is 24.3. The number of rotatable bonds is 7. The number of nitrogens with one attached hydrogen (secondary N) is 3. The predicted molar refractivity (Wildman–Crippen MR) is 199 cm³/mol. The van der Waals surface area contributed by atoms with Crippen molar-refractivity contribution in [2.75, 3.05) is 11.9 Å². The first-order valence-electron chi connectivity index (χ1n) is 17.7. The van der Waals surface area contributed by atoms with Gasteiger partial charge < -0.3 is 20.3 Å². The van der Waals surface area contributed by atoms with Gasteiger partial charge in [-0.15, -0.1) is 0 Å². The molecule has 3 N–H and O–H groups in total. The lowest BCUT2D eigenvalue weighted by molar-refractivity contribution is -0.140. The van der Waals surface area contributed by atoms with Gasteiger partial charge in [-0.1, -0.05) is 85.7 Å². The van der Waals surface area contributed by atoms with Crippen molar-refractivity contribution in [3.05, 3.63) is 52.5 Å². The lowest BCUT2D eigenvalue weighted by Gasteiger charge is -2.30. The SMILES string of the molecule is CC1CCCCCC[C@H](Nc2ccc(Cl)c(Cl)c2)C(=O)N2C[C@H](Oc3nc4ccccc4s3)C[C@H]2C(=O)N[C@]2(C(=O)NS(=O)(=O)C3(C)CC3)C[C@@H]12. The van der Waals surface area contributed by atoms with Gasteiger partial charge >= 0.3 is 0 Å². The van der Waals surface area contributed by atoms with Crippen LogP contribution in [0.2, 0.25) is 10.0 Å². The van der Waals surface area contributed by atoms with Crippen molar-refractivity contribution in [3.63, 3.8) is 0 Å². The summed E-state index contributed by atoms with van der Waals surface area (Å²) >= 11 is 13.9. The van der Waals surface area contributed by atoms with E-state index in [-0.39, 0.29) is 30.7 Å². The van der Waals surface area contributed by atoms with Gasteiger partial charge in [-0.05, 0) is 74.8 Å². The molecule has 15 heteroatoms. The zero-order valence-corrected chi connectivity index (χ0v) is 31.8. The molecule has 6 atom stereocenters. The summed E-state index contributed by atoms with van der Waals surface area (Å²) in [6, 6.07) is 11.1. The Labute approximate surface area is 312 Å². The van der Waals surface area contributed by atoms with E-state index >= 15 is 0 Å². The molecular weight excluding hydrogens is 733 g/mol. The lowest BCUT2D eigenvalue weighted by atomic mass is 9.94. The Morgan fingerprint density at radius 2 is 1.80 bits per heavy atom. The minimum atomic E-state index is -3.94. The molecule has 7 rings (SSSR count). The second-order valence-electron chi connectivity index (χ2n) is 14.9. The molecule has 0 bridgehead atoms. The molecule has 3 aromatic rings. The second kappa shape index (κ2) is 14.0. The Morgan fingerprint density at radius 1 is 1.06 bits per heavy atom. The highest BCUT2D eigenvalue weighted by Crippen LogP contribution is 2.51. The fourth-order valence-electron chi connectivity index (χ4n) is 7.55. The number of carbonyl (C=O) groups excluding carboxylic acids is 3. The third-order valence-corrected chi connectivity index (χ3v) is 15.0. The summed E-state index contributed by atoms with van der Waals surface area (Å²) in [5.74, 6) is -1.67. The smallest absolute Gasteiger partial charge is 0.274 e. The van der Waals surface area contributed by atoms with Crippen LogP contribution in [0.25, 0.3) is 10.2 Å². The zero-order chi connectivity index (χ0) is 36.1. The minimum Gasteiger partial charge on any atom is -0.465 e. The maximum atomic E-state index is 14.6. The van der Waals surface area contributed by atoms with Crippen LogP contribution in [0.3, 0.4) is 0 Å². The summed E-state index contributed by atoms with van der Waals surface area (Å²) in [4.78, 5) is 49.1. The number of hydrogen-bond donors (Lipinski definition) is 3. The van der Waals surface area contributed by atoms with Gasteiger partial charge in [0, 0.05) is 12.1 Å². The number of thiazole rings is 1. The molecule has 4 fully saturated rings. The van der Waals surface area contributed by atoms with Crippen LogP contribution in [0.4, 0.5) is 5.69 Å². The van der Waals surface area contributed by atoms with Crippen molar-refractivity contribution in [1.29, 1.82) is 0 Å². The normalized spacial score (nSPS) is 29.6. The molecule has 11 nitrogen and oxygen atoms in total. The van der Waals surface area contributed by atoms with E-state index < -0.39 is 50.3 Å². The van der Waals surface area contributed by atoms with Crippen LogP contribution in [-0.2, 0) is 24.4 Å². The van der Waals surface area contributed by atoms with Crippen molar-refractivity contribution in [2.24, 2.45) is 11.8 Å². The van der Waals surface area contributed by atoms with E-state index in [0.717, 1.165) is 42.3 Å². The predicted octanol–water partition coefficient (Wildman–Crippen LogP) is 6.30. The van der Waals surface area contributed by atoms with E-state index in [2.05, 4.69) is 27.3 Å². The molecule has 2 aromatic carbocycles. The molecule has 274 valence electrons. The lowest BCUT2D eigenvalue weighted by Crippen LogP contribution is -2.58. The molecule has 2 aliphatic carbocycles. The van der Waals surface area contributed by atoms with Crippen LogP contribution < -0.4 is 20.1 Å². The van der Waals surface area contributed by atoms with E-state index in [4.69, 9.17) is 27.9 Å². The van der Waals surface area contributed by atoms with Crippen LogP contribution in [0.1, 0.15) is 78.1 Å². The van der Waals surface area contributed by atoms with Crippen molar-refractivity contribution in [1.82, 2.24) is 19.9 Å². The van der Waals surface area contributed by atoms with Crippen molar-refractivity contribution in [3.8, 4) is 5.19 Å². The maximum Gasteiger partial charge on any atom is 0.274 e. The second-order valence-corrected chi connectivity index (χ2v) is 18.9. The highest BCUT2D eigenvalue weighted by Gasteiger charge is 2.65. The zero-order valence-electron chi connectivity index (χ0n) is 28.6. The number of benzene rings is 2. The van der Waals surface area contributed by atoms with Crippen molar-refractivity contribution in [2.45, 2.75) is 107 Å². The van der Waals surface area contributed by atoms with E-state index in [1.54, 1.807) is 25.1 Å². The van der Waals surface area contributed by atoms with Crippen LogP contribution in [0, 0.1) is 11.8 Å². The van der Waals surface area contributed by atoms with Gasteiger partial charge in [-0.25, -0.2) is 13.4 Å². The van der Waals surface area contributed by atoms with Crippen LogP contribution in [0.5, 0.6) is 5.19 Å². The van der Waals surface area contributed by atoms with Crippen molar-refractivity contribution >= 4 is 78.2 Å². The van der Waals surface area contributed by atoms with Crippen molar-refractivity contribution < 1.29 is 27.5 Å². The van der Waals surface area contributed by atoms with Gasteiger partial charge in [0.1, 0.15) is 23.7 Å². The fraction of sp³-hybridized carbons (Fsp3) is 0.556. The minimum absolute atomic E-state index is 0.0703. The highest BCUT2D eigenvalue weighted by atomic mass is 35.5. The number of sulfonamides is 1. The van der Waals surface area contributed by atoms with Gasteiger partial charge in [0.05, 0.1) is 31.6 Å². The molecule has 4 aliphatic rings. The van der Waals surface area contributed by atoms with E-state index in [0.29, 0.717) is 46.6 Å². The number of halogens is 2. The average Bonchev–Trinajstić information content (AvgIpc) is 3.92. The molecule has 3 amide bonds. The summed E-state index contributed by atoms with van der Waals surface area (Å²) < 4.78 is 35.0. The monoisotopic (exact) mass is 775 g/mol. The molecule has 2 saturated carbocycles. The third-order valence-electron chi connectivity index (χ3n) is 11.1. The Balaban J connectivity index is 1.19. The number of hydrogen-bond acceptors (Lipinski definition) is 9. The Hall–Kier alpha value is -3.13. The topological polar surface area (TPSA) is 147 Å². The number of fused-ring (bicyclic) bond motifs is 3. The van der Waals surface area contributed by atoms with Gasteiger partial charge in [0.15, 0.2) is 0 Å². The molecule has 2 saturated heterocycles. The summed E-state index contributed by atoms with van der Waals surface area (Å²) in [5.41, 5.74) is 0.0221. The molecule has 1 aromatic heterocycles. The highest BCUT2D eigenvalue weighted by molar-refractivity contribution is 7.91. The average molecular weight is 777 g/mol. The first kappa shape index (κ1) is 36.2. The van der Waals surface area contributed by atoms with Gasteiger partial charge in [0.25, 0.3) is 11.1 Å². The molecule has 2 aliphatic heterocycles. The van der Waals surface area contributed by atoms with E-state index in [9.17, 15) is 22.8 Å². The fourth-order valence-corrected chi connectivity index (χ4v) is 10.0. The Kier molecular flexibility index (Phi) is 9.96. The molecule has 0 spiro atoms. The number of para-hydroxylation sites is 1. The standard InChI is InChI=1S/C36H43Cl2N5O6S2/c1-21-9-5-3-4-6-11-28(39-22-13-14-25(37)26(38)17-22)32(45)43-20-23(49-34-40-27-10-7-8-12-30(27)50-34)18-29(43)31(44)41-36(19-24(21)36)33(46)42-51(47,48)35(2)15-16-35/h7-8,10,12-14,17,21,23-24,28-29,39H,3-6,9,11,15-16,18-20H2,1-2H3,(H,41,44)(H,42,46)/t21?,23-,24+,28+,29+,36-/m1/s1. The Bertz CT molecular complexity index is 1920. The number of ether oxygens (including phenoxy) is 1. The molecule has 3 heterocycles. The number of nitrogens with zero attached hydrogens (tertiary/aromatic N) is 2. The van der Waals surface area contributed by atoms with Gasteiger partial charge in [-0.2, -0.15) is 0 Å².